The van der Waals surface area contributed by atoms with E-state index in [0.717, 1.165) is 5.56 Å². The molecule has 0 saturated carbocycles. The summed E-state index contributed by atoms with van der Waals surface area (Å²) in [5, 5.41) is 16.2. The first-order valence-corrected chi connectivity index (χ1v) is 10.7. The number of hydrogen-bond acceptors (Lipinski definition) is 8. The third-order valence-electron chi connectivity index (χ3n) is 5.65. The predicted octanol–water partition coefficient (Wildman–Crippen LogP) is 3.33. The van der Waals surface area contributed by atoms with Gasteiger partial charge in [0.05, 0.1) is 31.1 Å². The van der Waals surface area contributed by atoms with Crippen LogP contribution in [-0.4, -0.2) is 48.9 Å². The lowest BCUT2D eigenvalue weighted by Gasteiger charge is -2.16. The Hall–Kier alpha value is -4.47. The molecular formula is C24H21N7O3. The van der Waals surface area contributed by atoms with Gasteiger partial charge >= 0.3 is 5.97 Å². The molecule has 0 spiro atoms. The van der Waals surface area contributed by atoms with Crippen LogP contribution in [0.15, 0.2) is 55.0 Å². The van der Waals surface area contributed by atoms with Crippen molar-refractivity contribution in [1.29, 1.82) is 0 Å². The van der Waals surface area contributed by atoms with Gasteiger partial charge in [0.2, 0.25) is 0 Å². The first kappa shape index (κ1) is 21.4. The quantitative estimate of drug-likeness (QED) is 0.421. The zero-order valence-electron chi connectivity index (χ0n) is 18.8. The standard InChI is InChI=1S/C24H21N7O3/c1-14(2)31-13-26-29-22(31)19-5-4-6-21(27-19)30-12-16-8-7-15(9-18(16)23(30)32)20-10-17(11-25-28-20)24(33)34-3/h4-11,13-14H,12H2,1-3H3. The van der Waals surface area contributed by atoms with Gasteiger partial charge in [0, 0.05) is 17.2 Å². The van der Waals surface area contributed by atoms with E-state index in [9.17, 15) is 9.59 Å². The average molecular weight is 455 g/mol. The van der Waals surface area contributed by atoms with Crippen molar-refractivity contribution in [2.45, 2.75) is 26.4 Å². The van der Waals surface area contributed by atoms with E-state index in [1.165, 1.54) is 13.3 Å². The summed E-state index contributed by atoms with van der Waals surface area (Å²) in [6, 6.07) is 12.8. The normalized spacial score (nSPS) is 12.8. The zero-order chi connectivity index (χ0) is 23.8. The number of pyridine rings is 1. The lowest BCUT2D eigenvalue weighted by atomic mass is 10.0. The van der Waals surface area contributed by atoms with Crippen molar-refractivity contribution < 1.29 is 14.3 Å². The maximum atomic E-state index is 13.3. The molecule has 0 aliphatic carbocycles. The number of aromatic nitrogens is 6. The first-order valence-electron chi connectivity index (χ1n) is 10.7. The second kappa shape index (κ2) is 8.47. The molecule has 4 heterocycles. The van der Waals surface area contributed by atoms with E-state index < -0.39 is 5.97 Å². The molecule has 0 fully saturated rings. The minimum absolute atomic E-state index is 0.163. The van der Waals surface area contributed by atoms with E-state index in [4.69, 9.17) is 9.72 Å². The fourth-order valence-electron chi connectivity index (χ4n) is 3.88. The van der Waals surface area contributed by atoms with Gasteiger partial charge in [0.15, 0.2) is 5.82 Å². The summed E-state index contributed by atoms with van der Waals surface area (Å²) < 4.78 is 6.69. The number of anilines is 1. The molecule has 0 saturated heterocycles. The van der Waals surface area contributed by atoms with Crippen LogP contribution >= 0.6 is 0 Å². The second-order valence-electron chi connectivity index (χ2n) is 8.12. The summed E-state index contributed by atoms with van der Waals surface area (Å²) in [7, 11) is 1.31. The minimum atomic E-state index is -0.501. The lowest BCUT2D eigenvalue weighted by molar-refractivity contribution is 0.0600. The molecule has 1 aliphatic rings. The molecule has 10 nitrogen and oxygen atoms in total. The number of rotatable bonds is 5. The Morgan fingerprint density at radius 1 is 1.06 bits per heavy atom. The van der Waals surface area contributed by atoms with Crippen molar-refractivity contribution in [3.8, 4) is 22.8 Å². The minimum Gasteiger partial charge on any atom is -0.465 e. The summed E-state index contributed by atoms with van der Waals surface area (Å²) in [4.78, 5) is 31.5. The Kier molecular flexibility index (Phi) is 5.33. The fraction of sp³-hybridized carbons (Fsp3) is 0.208. The lowest BCUT2D eigenvalue weighted by Crippen LogP contribution is -2.24. The van der Waals surface area contributed by atoms with Gasteiger partial charge in [-0.05, 0) is 43.7 Å². The van der Waals surface area contributed by atoms with Gasteiger partial charge in [0.1, 0.15) is 17.8 Å². The van der Waals surface area contributed by atoms with Gasteiger partial charge in [-0.2, -0.15) is 10.2 Å². The maximum absolute atomic E-state index is 13.3. The third kappa shape index (κ3) is 3.68. The van der Waals surface area contributed by atoms with Crippen LogP contribution in [0, 0.1) is 0 Å². The molecule has 3 aromatic heterocycles. The topological polar surface area (TPSA) is 116 Å². The van der Waals surface area contributed by atoms with E-state index >= 15 is 0 Å². The summed E-state index contributed by atoms with van der Waals surface area (Å²) >= 11 is 0. The van der Waals surface area contributed by atoms with Crippen molar-refractivity contribution in [1.82, 2.24) is 29.9 Å². The highest BCUT2D eigenvalue weighted by atomic mass is 16.5. The van der Waals surface area contributed by atoms with Crippen LogP contribution in [-0.2, 0) is 11.3 Å². The number of carbonyl (C=O) groups excluding carboxylic acids is 2. The van der Waals surface area contributed by atoms with Crippen LogP contribution in [0.25, 0.3) is 22.8 Å². The van der Waals surface area contributed by atoms with Crippen molar-refractivity contribution in [3.05, 3.63) is 71.7 Å². The number of benzene rings is 1. The molecule has 34 heavy (non-hydrogen) atoms. The number of amides is 1. The monoisotopic (exact) mass is 455 g/mol. The number of carbonyl (C=O) groups is 2. The third-order valence-corrected chi connectivity index (χ3v) is 5.65. The number of fused-ring (bicyclic) bond motifs is 1. The van der Waals surface area contributed by atoms with Gasteiger partial charge < -0.3 is 9.30 Å². The first-order chi connectivity index (χ1) is 16.5. The van der Waals surface area contributed by atoms with Gasteiger partial charge in [-0.1, -0.05) is 18.2 Å². The van der Waals surface area contributed by atoms with Crippen LogP contribution < -0.4 is 4.90 Å². The SMILES string of the molecule is COC(=O)c1cnnc(-c2ccc3c(c2)C(=O)N(c2cccc(-c4nncn4C(C)C)n2)C3)c1. The molecule has 5 rings (SSSR count). The van der Waals surface area contributed by atoms with E-state index in [0.29, 0.717) is 40.7 Å². The highest BCUT2D eigenvalue weighted by Crippen LogP contribution is 2.31. The molecule has 0 N–H and O–H groups in total. The molecule has 0 radical (unpaired) electrons. The van der Waals surface area contributed by atoms with Gasteiger partial charge in [0.25, 0.3) is 5.91 Å². The molecule has 1 amide bonds. The summed E-state index contributed by atoms with van der Waals surface area (Å²) in [5.74, 6) is 0.515. The average Bonchev–Trinajstić information content (AvgIpc) is 3.49. The van der Waals surface area contributed by atoms with Crippen molar-refractivity contribution >= 4 is 17.7 Å². The zero-order valence-corrected chi connectivity index (χ0v) is 18.8. The number of hydrogen-bond donors (Lipinski definition) is 0. The smallest absolute Gasteiger partial charge is 0.339 e. The molecule has 10 heteroatoms. The molecule has 0 bridgehead atoms. The van der Waals surface area contributed by atoms with E-state index in [-0.39, 0.29) is 17.5 Å². The Labute approximate surface area is 195 Å². The van der Waals surface area contributed by atoms with Crippen LogP contribution in [0.2, 0.25) is 0 Å². The van der Waals surface area contributed by atoms with Gasteiger partial charge in [-0.15, -0.1) is 10.2 Å². The molecular weight excluding hydrogens is 434 g/mol. The predicted molar refractivity (Wildman–Crippen MR) is 123 cm³/mol. The molecule has 1 aliphatic heterocycles. The summed E-state index contributed by atoms with van der Waals surface area (Å²) in [5.41, 5.74) is 3.52. The maximum Gasteiger partial charge on any atom is 0.339 e. The molecule has 0 atom stereocenters. The van der Waals surface area contributed by atoms with Crippen molar-refractivity contribution in [2.75, 3.05) is 12.0 Å². The van der Waals surface area contributed by atoms with Crippen LogP contribution in [0.3, 0.4) is 0 Å². The second-order valence-corrected chi connectivity index (χ2v) is 8.12. The van der Waals surface area contributed by atoms with Gasteiger partial charge in [-0.3, -0.25) is 9.69 Å². The van der Waals surface area contributed by atoms with Crippen LogP contribution in [0.5, 0.6) is 0 Å². The molecule has 170 valence electrons. The Balaban J connectivity index is 1.46. The van der Waals surface area contributed by atoms with Crippen LogP contribution in [0.4, 0.5) is 5.82 Å². The molecule has 4 aromatic rings. The van der Waals surface area contributed by atoms with E-state index in [2.05, 4.69) is 20.4 Å². The highest BCUT2D eigenvalue weighted by molar-refractivity contribution is 6.10. The van der Waals surface area contributed by atoms with Gasteiger partial charge in [-0.25, -0.2) is 9.78 Å². The van der Waals surface area contributed by atoms with Crippen LogP contribution in [0.1, 0.15) is 46.2 Å². The molecule has 0 unspecified atom stereocenters. The summed E-state index contributed by atoms with van der Waals surface area (Å²) in [6.45, 7) is 4.48. The highest BCUT2D eigenvalue weighted by Gasteiger charge is 2.30. The van der Waals surface area contributed by atoms with Crippen molar-refractivity contribution in [2.24, 2.45) is 0 Å². The number of nitrogens with zero attached hydrogens (tertiary/aromatic N) is 7. The Bertz CT molecular complexity index is 1410. The number of esters is 1. The fourth-order valence-corrected chi connectivity index (χ4v) is 3.88. The molecule has 1 aromatic carbocycles. The Morgan fingerprint density at radius 2 is 1.91 bits per heavy atom. The largest absolute Gasteiger partial charge is 0.465 e. The number of methoxy groups -OCH3 is 1. The summed E-state index contributed by atoms with van der Waals surface area (Å²) in [6.07, 6.45) is 3.01. The van der Waals surface area contributed by atoms with E-state index in [1.807, 2.05) is 42.7 Å². The number of ether oxygens (including phenoxy) is 1. The van der Waals surface area contributed by atoms with Crippen molar-refractivity contribution in [3.63, 3.8) is 0 Å². The van der Waals surface area contributed by atoms with E-state index in [1.54, 1.807) is 29.4 Å². The Morgan fingerprint density at radius 3 is 2.71 bits per heavy atom.